The van der Waals surface area contributed by atoms with Crippen LogP contribution in [0.3, 0.4) is 0 Å². The van der Waals surface area contributed by atoms with Crippen LogP contribution in [0, 0.1) is 5.92 Å². The fourth-order valence-corrected chi connectivity index (χ4v) is 3.61. The molecule has 2 aromatic rings. The third kappa shape index (κ3) is 4.88. The van der Waals surface area contributed by atoms with E-state index in [0.29, 0.717) is 38.9 Å². The van der Waals surface area contributed by atoms with Crippen molar-refractivity contribution in [2.24, 2.45) is 5.92 Å². The molecule has 0 saturated carbocycles. The van der Waals surface area contributed by atoms with Gasteiger partial charge in [-0.15, -0.1) is 0 Å². The summed E-state index contributed by atoms with van der Waals surface area (Å²) in [4.78, 5) is 33.1. The molecule has 6 nitrogen and oxygen atoms in total. The highest BCUT2D eigenvalue weighted by Gasteiger charge is 2.31. The fourth-order valence-electron chi connectivity index (χ4n) is 3.61. The molecule has 148 valence electrons. The number of carbonyl (C=O) groups is 2. The topological polar surface area (TPSA) is 62.7 Å². The molecule has 28 heavy (non-hydrogen) atoms. The predicted molar refractivity (Wildman–Crippen MR) is 107 cm³/mol. The number of piperidine rings is 1. The lowest BCUT2D eigenvalue weighted by Crippen LogP contribution is -2.46. The quantitative estimate of drug-likeness (QED) is 0.739. The number of para-hydroxylation sites is 1. The van der Waals surface area contributed by atoms with Gasteiger partial charge in [0.2, 0.25) is 11.8 Å². The van der Waals surface area contributed by atoms with Gasteiger partial charge in [0.15, 0.2) is 0 Å². The second kappa shape index (κ2) is 9.35. The van der Waals surface area contributed by atoms with E-state index in [-0.39, 0.29) is 17.7 Å². The minimum absolute atomic E-state index is 0.0706. The van der Waals surface area contributed by atoms with Gasteiger partial charge in [0.1, 0.15) is 5.75 Å². The van der Waals surface area contributed by atoms with E-state index < -0.39 is 0 Å². The Morgan fingerprint density at radius 3 is 2.79 bits per heavy atom. The van der Waals surface area contributed by atoms with Crippen molar-refractivity contribution < 1.29 is 14.3 Å². The average Bonchev–Trinajstić information content (AvgIpc) is 2.73. The van der Waals surface area contributed by atoms with Gasteiger partial charge in [0.05, 0.1) is 13.0 Å². The van der Waals surface area contributed by atoms with Crippen LogP contribution in [-0.4, -0.2) is 53.8 Å². The van der Waals surface area contributed by atoms with Crippen LogP contribution < -0.4 is 4.74 Å². The number of pyridine rings is 1. The highest BCUT2D eigenvalue weighted by Crippen LogP contribution is 2.23. The summed E-state index contributed by atoms with van der Waals surface area (Å²) in [5.74, 6) is 0.799. The Kier molecular flexibility index (Phi) is 6.63. The van der Waals surface area contributed by atoms with Crippen molar-refractivity contribution in [3.05, 3.63) is 59.9 Å². The Morgan fingerprint density at radius 2 is 2.04 bits per heavy atom. The Morgan fingerprint density at radius 1 is 1.25 bits per heavy atom. The smallest absolute Gasteiger partial charge is 0.227 e. The number of likely N-dealkylation sites (tertiary alicyclic amines) is 1. The molecular weight excluding hydrogens is 354 g/mol. The van der Waals surface area contributed by atoms with Gasteiger partial charge in [-0.2, -0.15) is 0 Å². The van der Waals surface area contributed by atoms with E-state index in [1.807, 2.05) is 49.5 Å². The molecular formula is C22H27N3O3. The monoisotopic (exact) mass is 381 g/mol. The summed E-state index contributed by atoms with van der Waals surface area (Å²) in [6, 6.07) is 13.5. The van der Waals surface area contributed by atoms with E-state index in [9.17, 15) is 9.59 Å². The van der Waals surface area contributed by atoms with E-state index in [2.05, 4.69) is 4.98 Å². The zero-order chi connectivity index (χ0) is 19.9. The van der Waals surface area contributed by atoms with Crippen molar-refractivity contribution in [3.63, 3.8) is 0 Å². The van der Waals surface area contributed by atoms with Crippen LogP contribution in [0.2, 0.25) is 0 Å². The summed E-state index contributed by atoms with van der Waals surface area (Å²) in [7, 11) is 3.44. The molecule has 0 aliphatic carbocycles. The molecule has 0 bridgehead atoms. The lowest BCUT2D eigenvalue weighted by molar-refractivity contribution is -0.142. The normalized spacial score (nSPS) is 16.7. The Hall–Kier alpha value is -2.89. The summed E-state index contributed by atoms with van der Waals surface area (Å²) in [5.41, 5.74) is 1.93. The number of benzene rings is 1. The molecule has 1 aromatic carbocycles. The molecule has 0 N–H and O–H groups in total. The zero-order valence-corrected chi connectivity index (χ0v) is 16.5. The SMILES string of the molecule is COc1ccccc1CN(C)C(=O)C1CCC(=O)N(CCc2ccccn2)C1. The third-order valence-electron chi connectivity index (χ3n) is 5.19. The molecule has 1 atom stereocenters. The van der Waals surface area contributed by atoms with Crippen LogP contribution in [0.25, 0.3) is 0 Å². The second-order valence-corrected chi connectivity index (χ2v) is 7.15. The average molecular weight is 381 g/mol. The molecule has 1 unspecified atom stereocenters. The van der Waals surface area contributed by atoms with Crippen molar-refractivity contribution in [2.45, 2.75) is 25.8 Å². The van der Waals surface area contributed by atoms with Crippen molar-refractivity contribution in [2.75, 3.05) is 27.2 Å². The van der Waals surface area contributed by atoms with Crippen LogP contribution in [0.4, 0.5) is 0 Å². The van der Waals surface area contributed by atoms with E-state index in [4.69, 9.17) is 4.74 Å². The number of nitrogens with zero attached hydrogens (tertiary/aromatic N) is 3. The summed E-state index contributed by atoms with van der Waals surface area (Å²) in [6.45, 7) is 1.55. The van der Waals surface area contributed by atoms with Crippen LogP contribution in [0.1, 0.15) is 24.1 Å². The van der Waals surface area contributed by atoms with Crippen LogP contribution in [0.15, 0.2) is 48.7 Å². The van der Waals surface area contributed by atoms with Gasteiger partial charge in [-0.25, -0.2) is 0 Å². The van der Waals surface area contributed by atoms with Crippen molar-refractivity contribution >= 4 is 11.8 Å². The minimum Gasteiger partial charge on any atom is -0.496 e. The first kappa shape index (κ1) is 19.9. The number of aromatic nitrogens is 1. The van der Waals surface area contributed by atoms with Crippen molar-refractivity contribution in [3.8, 4) is 5.75 Å². The summed E-state index contributed by atoms with van der Waals surface area (Å²) < 4.78 is 5.38. The first-order chi connectivity index (χ1) is 13.6. The highest BCUT2D eigenvalue weighted by atomic mass is 16.5. The summed E-state index contributed by atoms with van der Waals surface area (Å²) in [5, 5.41) is 0. The standard InChI is InChI=1S/C22H27N3O3/c1-24(15-17-7-3-4-9-20(17)28-2)22(27)18-10-11-21(26)25(16-18)14-12-19-8-5-6-13-23-19/h3-9,13,18H,10-12,14-16H2,1-2H3. The molecule has 0 spiro atoms. The molecule has 1 fully saturated rings. The molecule has 1 aliphatic heterocycles. The second-order valence-electron chi connectivity index (χ2n) is 7.15. The molecule has 1 saturated heterocycles. The fraction of sp³-hybridized carbons (Fsp3) is 0.409. The highest BCUT2D eigenvalue weighted by molar-refractivity contribution is 5.83. The Balaban J connectivity index is 1.59. The van der Waals surface area contributed by atoms with Crippen LogP contribution in [0.5, 0.6) is 5.75 Å². The molecule has 6 heteroatoms. The van der Waals surface area contributed by atoms with Gasteiger partial charge in [0.25, 0.3) is 0 Å². The van der Waals surface area contributed by atoms with Gasteiger partial charge in [0, 0.05) is 57.0 Å². The van der Waals surface area contributed by atoms with Gasteiger partial charge in [-0.3, -0.25) is 14.6 Å². The molecule has 1 aromatic heterocycles. The predicted octanol–water partition coefficient (Wildman–Crippen LogP) is 2.53. The zero-order valence-electron chi connectivity index (χ0n) is 16.5. The Labute approximate surface area is 166 Å². The Bertz CT molecular complexity index is 810. The van der Waals surface area contributed by atoms with Crippen molar-refractivity contribution in [1.82, 2.24) is 14.8 Å². The maximum absolute atomic E-state index is 13.0. The lowest BCUT2D eigenvalue weighted by Gasteiger charge is -2.34. The van der Waals surface area contributed by atoms with Crippen molar-refractivity contribution in [1.29, 1.82) is 0 Å². The lowest BCUT2D eigenvalue weighted by atomic mass is 9.95. The first-order valence-electron chi connectivity index (χ1n) is 9.63. The first-order valence-corrected chi connectivity index (χ1v) is 9.63. The molecule has 2 heterocycles. The molecule has 3 rings (SSSR count). The molecule has 2 amide bonds. The largest absolute Gasteiger partial charge is 0.496 e. The number of carbonyl (C=O) groups excluding carboxylic acids is 2. The van der Waals surface area contributed by atoms with Gasteiger partial charge in [-0.1, -0.05) is 24.3 Å². The molecule has 1 aliphatic rings. The van der Waals surface area contributed by atoms with Gasteiger partial charge < -0.3 is 14.5 Å². The maximum Gasteiger partial charge on any atom is 0.227 e. The van der Waals surface area contributed by atoms with Gasteiger partial charge in [-0.05, 0) is 24.6 Å². The number of methoxy groups -OCH3 is 1. The van der Waals surface area contributed by atoms with E-state index in [0.717, 1.165) is 17.0 Å². The third-order valence-corrected chi connectivity index (χ3v) is 5.19. The van der Waals surface area contributed by atoms with E-state index in [1.165, 1.54) is 0 Å². The number of ether oxygens (including phenoxy) is 1. The number of amides is 2. The molecule has 0 radical (unpaired) electrons. The summed E-state index contributed by atoms with van der Waals surface area (Å²) in [6.07, 6.45) is 3.48. The van der Waals surface area contributed by atoms with Crippen LogP contribution >= 0.6 is 0 Å². The van der Waals surface area contributed by atoms with Crippen LogP contribution in [-0.2, 0) is 22.6 Å². The van der Waals surface area contributed by atoms with Gasteiger partial charge >= 0.3 is 0 Å². The number of hydrogen-bond donors (Lipinski definition) is 0. The summed E-state index contributed by atoms with van der Waals surface area (Å²) >= 11 is 0. The number of hydrogen-bond acceptors (Lipinski definition) is 4. The maximum atomic E-state index is 13.0. The minimum atomic E-state index is -0.166. The number of rotatable bonds is 7. The van der Waals surface area contributed by atoms with E-state index in [1.54, 1.807) is 23.1 Å². The van der Waals surface area contributed by atoms with E-state index >= 15 is 0 Å².